The van der Waals surface area contributed by atoms with Crippen LogP contribution >= 0.6 is 0 Å². The van der Waals surface area contributed by atoms with Gasteiger partial charge in [-0.2, -0.15) is 0 Å². The van der Waals surface area contributed by atoms with Crippen molar-refractivity contribution in [2.75, 3.05) is 13.2 Å². The van der Waals surface area contributed by atoms with Gasteiger partial charge in [0.05, 0.1) is 0 Å². The first-order valence-electron chi connectivity index (χ1n) is 9.11. The lowest BCUT2D eigenvalue weighted by molar-refractivity contribution is -0.153. The smallest absolute Gasteiger partial charge is 0.329 e. The molecule has 0 atom stereocenters. The third-order valence-electron chi connectivity index (χ3n) is 6.84. The lowest BCUT2D eigenvalue weighted by Gasteiger charge is -2.56. The van der Waals surface area contributed by atoms with Crippen LogP contribution in [-0.2, 0) is 14.3 Å². The fourth-order valence-electron chi connectivity index (χ4n) is 6.27. The van der Waals surface area contributed by atoms with Crippen molar-refractivity contribution in [2.24, 2.45) is 23.2 Å². The van der Waals surface area contributed by atoms with Gasteiger partial charge in [0.2, 0.25) is 5.91 Å². The molecule has 0 spiro atoms. The van der Waals surface area contributed by atoms with Gasteiger partial charge in [-0.3, -0.25) is 4.79 Å². The molecule has 4 aliphatic carbocycles. The van der Waals surface area contributed by atoms with E-state index in [-0.39, 0.29) is 11.3 Å². The third kappa shape index (κ3) is 2.77. The van der Waals surface area contributed by atoms with Gasteiger partial charge in [-0.15, -0.1) is 0 Å². The Morgan fingerprint density at radius 1 is 1.00 bits per heavy atom. The molecule has 0 aromatic rings. The Bertz CT molecular complexity index is 474. The summed E-state index contributed by atoms with van der Waals surface area (Å²) in [5, 5.41) is 12.5. The van der Waals surface area contributed by atoms with Crippen molar-refractivity contribution in [3.63, 3.8) is 0 Å². The molecule has 1 aliphatic heterocycles. The van der Waals surface area contributed by atoms with Crippen LogP contribution in [0.15, 0.2) is 0 Å². The zero-order valence-electron chi connectivity index (χ0n) is 13.7. The van der Waals surface area contributed by atoms with Crippen LogP contribution in [0.5, 0.6) is 0 Å². The first-order chi connectivity index (χ1) is 11.0. The van der Waals surface area contributed by atoms with E-state index in [1.54, 1.807) is 0 Å². The number of hydrogen-bond donors (Lipinski definition) is 2. The van der Waals surface area contributed by atoms with Gasteiger partial charge in [0.1, 0.15) is 5.54 Å². The van der Waals surface area contributed by atoms with Crippen LogP contribution in [0, 0.1) is 23.2 Å². The van der Waals surface area contributed by atoms with Crippen LogP contribution < -0.4 is 5.32 Å². The maximum Gasteiger partial charge on any atom is 0.329 e. The Labute approximate surface area is 137 Å². The largest absolute Gasteiger partial charge is 0.480 e. The minimum absolute atomic E-state index is 0.0590. The molecule has 5 nitrogen and oxygen atoms in total. The topological polar surface area (TPSA) is 75.6 Å². The Kier molecular flexibility index (Phi) is 3.67. The van der Waals surface area contributed by atoms with Crippen LogP contribution in [0.2, 0.25) is 0 Å². The number of rotatable bonds is 4. The highest BCUT2D eigenvalue weighted by Crippen LogP contribution is 2.61. The van der Waals surface area contributed by atoms with E-state index in [9.17, 15) is 14.7 Å². The Morgan fingerprint density at radius 2 is 1.52 bits per heavy atom. The van der Waals surface area contributed by atoms with Gasteiger partial charge >= 0.3 is 5.97 Å². The van der Waals surface area contributed by atoms with Gasteiger partial charge in [0, 0.05) is 32.5 Å². The van der Waals surface area contributed by atoms with Crippen molar-refractivity contribution in [1.82, 2.24) is 5.32 Å². The molecule has 5 fully saturated rings. The molecule has 4 saturated carbocycles. The normalized spacial score (nSPS) is 40.8. The summed E-state index contributed by atoms with van der Waals surface area (Å²) in [4.78, 5) is 24.4. The monoisotopic (exact) mass is 321 g/mol. The minimum atomic E-state index is -1.11. The Hall–Kier alpha value is -1.10. The quantitative estimate of drug-likeness (QED) is 0.833. The summed E-state index contributed by atoms with van der Waals surface area (Å²) in [6.07, 6.45) is 8.86. The molecular formula is C18H27NO4. The number of hydrogen-bond acceptors (Lipinski definition) is 3. The van der Waals surface area contributed by atoms with E-state index in [1.807, 2.05) is 0 Å². The van der Waals surface area contributed by atoms with Crippen molar-refractivity contribution in [2.45, 2.75) is 63.3 Å². The molecule has 23 heavy (non-hydrogen) atoms. The highest BCUT2D eigenvalue weighted by molar-refractivity contribution is 5.87. The molecule has 1 saturated heterocycles. The molecule has 1 amide bonds. The molecule has 5 aliphatic rings. The van der Waals surface area contributed by atoms with Gasteiger partial charge in [-0.05, 0) is 61.7 Å². The summed E-state index contributed by atoms with van der Waals surface area (Å²) in [5.41, 5.74) is -0.957. The highest BCUT2D eigenvalue weighted by Gasteiger charge is 2.52. The fraction of sp³-hybridized carbons (Fsp3) is 0.889. The second kappa shape index (κ2) is 5.47. The average molecular weight is 321 g/mol. The van der Waals surface area contributed by atoms with E-state index in [0.717, 1.165) is 17.8 Å². The van der Waals surface area contributed by atoms with E-state index >= 15 is 0 Å². The van der Waals surface area contributed by atoms with E-state index < -0.39 is 11.5 Å². The summed E-state index contributed by atoms with van der Waals surface area (Å²) >= 11 is 0. The number of amides is 1. The number of carbonyl (C=O) groups excluding carboxylic acids is 1. The SMILES string of the molecule is O=C(CC12CC3CC(CC(C3)C1)C2)NC1(C(=O)O)CCOCC1. The van der Waals surface area contributed by atoms with Crippen molar-refractivity contribution >= 4 is 11.9 Å². The zero-order valence-corrected chi connectivity index (χ0v) is 13.7. The number of ether oxygens (including phenoxy) is 1. The second-order valence-corrected chi connectivity index (χ2v) is 8.64. The average Bonchev–Trinajstić information content (AvgIpc) is 2.45. The number of carbonyl (C=O) groups is 2. The predicted octanol–water partition coefficient (Wildman–Crippen LogP) is 2.34. The number of carboxylic acid groups (broad SMARTS) is 1. The molecule has 1 heterocycles. The summed E-state index contributed by atoms with van der Waals surface area (Å²) in [6, 6.07) is 0. The molecule has 0 unspecified atom stereocenters. The van der Waals surface area contributed by atoms with Crippen molar-refractivity contribution in [1.29, 1.82) is 0 Å². The van der Waals surface area contributed by atoms with Gasteiger partial charge in [-0.25, -0.2) is 4.79 Å². The van der Waals surface area contributed by atoms with Gasteiger partial charge in [0.15, 0.2) is 0 Å². The lowest BCUT2D eigenvalue weighted by atomic mass is 9.49. The van der Waals surface area contributed by atoms with Gasteiger partial charge < -0.3 is 15.2 Å². The second-order valence-electron chi connectivity index (χ2n) is 8.64. The molecule has 4 bridgehead atoms. The number of aliphatic carboxylic acids is 1. The van der Waals surface area contributed by atoms with Crippen molar-refractivity contribution in [3.8, 4) is 0 Å². The standard InChI is InChI=1S/C18H27NO4/c20-15(19-18(16(21)22)1-3-23-4-2-18)11-17-8-12-5-13(9-17)7-14(6-12)10-17/h12-14H,1-11H2,(H,19,20)(H,21,22). The van der Waals surface area contributed by atoms with E-state index in [0.29, 0.717) is 32.5 Å². The molecular weight excluding hydrogens is 294 g/mol. The Balaban J connectivity index is 1.44. The van der Waals surface area contributed by atoms with Gasteiger partial charge in [0.25, 0.3) is 0 Å². The van der Waals surface area contributed by atoms with Crippen molar-refractivity contribution < 1.29 is 19.4 Å². The molecule has 0 radical (unpaired) electrons. The van der Waals surface area contributed by atoms with Gasteiger partial charge in [-0.1, -0.05) is 0 Å². The number of nitrogens with one attached hydrogen (secondary N) is 1. The summed E-state index contributed by atoms with van der Waals surface area (Å²) in [6.45, 7) is 0.813. The highest BCUT2D eigenvalue weighted by atomic mass is 16.5. The van der Waals surface area contributed by atoms with E-state index in [1.165, 1.54) is 38.5 Å². The molecule has 2 N–H and O–H groups in total. The van der Waals surface area contributed by atoms with E-state index in [4.69, 9.17) is 4.74 Å². The van der Waals surface area contributed by atoms with Crippen LogP contribution in [0.25, 0.3) is 0 Å². The molecule has 5 rings (SSSR count). The molecule has 128 valence electrons. The van der Waals surface area contributed by atoms with E-state index in [2.05, 4.69) is 5.32 Å². The van der Waals surface area contributed by atoms with Crippen molar-refractivity contribution in [3.05, 3.63) is 0 Å². The fourth-order valence-corrected chi connectivity index (χ4v) is 6.27. The first-order valence-corrected chi connectivity index (χ1v) is 9.11. The zero-order chi connectivity index (χ0) is 16.1. The lowest BCUT2D eigenvalue weighted by Crippen LogP contribution is -2.58. The molecule has 0 aromatic heterocycles. The number of carboxylic acids is 1. The predicted molar refractivity (Wildman–Crippen MR) is 83.8 cm³/mol. The summed E-state index contributed by atoms with van der Waals surface area (Å²) in [5.74, 6) is 1.46. The maximum absolute atomic E-state index is 12.7. The summed E-state index contributed by atoms with van der Waals surface area (Å²) < 4.78 is 5.28. The van der Waals surface area contributed by atoms with Crippen LogP contribution in [0.1, 0.15) is 57.8 Å². The molecule has 5 heteroatoms. The first kappa shape index (κ1) is 15.4. The Morgan fingerprint density at radius 3 is 2.00 bits per heavy atom. The maximum atomic E-state index is 12.7. The van der Waals surface area contributed by atoms with Crippen LogP contribution in [-0.4, -0.2) is 35.7 Å². The van der Waals surface area contributed by atoms with Crippen LogP contribution in [0.4, 0.5) is 0 Å². The van der Waals surface area contributed by atoms with Crippen LogP contribution in [0.3, 0.4) is 0 Å². The minimum Gasteiger partial charge on any atom is -0.480 e. The third-order valence-corrected chi connectivity index (χ3v) is 6.84. The molecule has 0 aromatic carbocycles. The summed E-state index contributed by atoms with van der Waals surface area (Å²) in [7, 11) is 0.